The van der Waals surface area contributed by atoms with E-state index >= 15 is 0 Å². The van der Waals surface area contributed by atoms with Crippen molar-refractivity contribution in [2.24, 2.45) is 0 Å². The first-order valence-corrected chi connectivity index (χ1v) is 5.03. The van der Waals surface area contributed by atoms with Gasteiger partial charge in [-0.3, -0.25) is 4.79 Å². The van der Waals surface area contributed by atoms with Crippen LogP contribution in [-0.4, -0.2) is 12.5 Å². The third kappa shape index (κ3) is 3.87. The molecule has 0 aliphatic carbocycles. The molecule has 0 aliphatic rings. The lowest BCUT2D eigenvalue weighted by Gasteiger charge is -1.97. The van der Waals surface area contributed by atoms with Crippen LogP contribution in [0.5, 0.6) is 0 Å². The maximum atomic E-state index is 12.8. The van der Waals surface area contributed by atoms with Gasteiger partial charge in [0, 0.05) is 12.6 Å². The largest absolute Gasteiger partial charge is 0.349 e. The first-order chi connectivity index (χ1) is 7.63. The normalized spacial score (nSPS) is 10.4. The smallest absolute Gasteiger partial charge is 0.244 e. The lowest BCUT2D eigenvalue weighted by Crippen LogP contribution is -2.20. The zero-order valence-electron chi connectivity index (χ0n) is 8.54. The van der Waals surface area contributed by atoms with Gasteiger partial charge in [-0.05, 0) is 23.8 Å². The van der Waals surface area contributed by atoms with Gasteiger partial charge in [0.25, 0.3) is 0 Å². The van der Waals surface area contributed by atoms with Gasteiger partial charge in [0.15, 0.2) is 0 Å². The van der Waals surface area contributed by atoms with E-state index in [0.29, 0.717) is 12.1 Å². The van der Waals surface area contributed by atoms with Crippen LogP contribution in [0, 0.1) is 5.82 Å². The summed E-state index contributed by atoms with van der Waals surface area (Å²) in [5, 5.41) is 2.61. The number of halogens is 2. The van der Waals surface area contributed by atoms with Crippen LogP contribution >= 0.6 is 11.6 Å². The predicted octanol–water partition coefficient (Wildman–Crippen LogP) is 2.79. The van der Waals surface area contributed by atoms with Gasteiger partial charge in [-0.25, -0.2) is 4.39 Å². The summed E-state index contributed by atoms with van der Waals surface area (Å²) in [5.41, 5.74) is 0.667. The van der Waals surface area contributed by atoms with Crippen molar-refractivity contribution in [1.82, 2.24) is 5.32 Å². The zero-order valence-corrected chi connectivity index (χ0v) is 9.30. The molecule has 1 N–H and O–H groups in total. The van der Waals surface area contributed by atoms with Crippen LogP contribution < -0.4 is 5.32 Å². The Labute approximate surface area is 98.4 Å². The molecule has 1 rings (SSSR count). The fourth-order valence-electron chi connectivity index (χ4n) is 1.02. The molecule has 0 atom stereocenters. The Bertz CT molecular complexity index is 429. The van der Waals surface area contributed by atoms with Crippen molar-refractivity contribution in [1.29, 1.82) is 0 Å². The van der Waals surface area contributed by atoms with Crippen molar-refractivity contribution in [2.75, 3.05) is 6.54 Å². The Balaban J connectivity index is 2.65. The van der Waals surface area contributed by atoms with Crippen molar-refractivity contribution in [3.8, 4) is 0 Å². The van der Waals surface area contributed by atoms with Gasteiger partial charge < -0.3 is 5.32 Å². The Morgan fingerprint density at radius 1 is 1.56 bits per heavy atom. The van der Waals surface area contributed by atoms with Crippen LogP contribution in [0.4, 0.5) is 4.39 Å². The van der Waals surface area contributed by atoms with Gasteiger partial charge in [-0.1, -0.05) is 23.7 Å². The SMILES string of the molecule is C=CCNC(=O)C=Cc1ccc(F)c(Cl)c1. The minimum absolute atomic E-state index is 0.0358. The number of amides is 1. The highest BCUT2D eigenvalue weighted by molar-refractivity contribution is 6.30. The molecule has 16 heavy (non-hydrogen) atoms. The topological polar surface area (TPSA) is 29.1 Å². The summed E-state index contributed by atoms with van der Waals surface area (Å²) >= 11 is 5.59. The zero-order chi connectivity index (χ0) is 12.0. The molecule has 0 aromatic heterocycles. The van der Waals surface area contributed by atoms with E-state index < -0.39 is 5.82 Å². The standard InChI is InChI=1S/C12H11ClFNO/c1-2-7-15-12(16)6-4-9-3-5-11(14)10(13)8-9/h2-6,8H,1,7H2,(H,15,16). The molecule has 0 aliphatic heterocycles. The minimum atomic E-state index is -0.477. The Hall–Kier alpha value is -1.61. The lowest BCUT2D eigenvalue weighted by molar-refractivity contribution is -0.116. The number of hydrogen-bond acceptors (Lipinski definition) is 1. The molecule has 0 unspecified atom stereocenters. The van der Waals surface area contributed by atoms with Crippen molar-refractivity contribution in [3.05, 3.63) is 53.3 Å². The van der Waals surface area contributed by atoms with Crippen LogP contribution in [0.3, 0.4) is 0 Å². The Kier molecular flexibility index (Phi) is 4.73. The molecule has 1 aromatic rings. The minimum Gasteiger partial charge on any atom is -0.349 e. The second kappa shape index (κ2) is 6.08. The highest BCUT2D eigenvalue weighted by Crippen LogP contribution is 2.16. The first kappa shape index (κ1) is 12.5. The van der Waals surface area contributed by atoms with Crippen LogP contribution in [0.25, 0.3) is 6.08 Å². The van der Waals surface area contributed by atoms with E-state index in [1.807, 2.05) is 0 Å². The number of carbonyl (C=O) groups excluding carboxylic acids is 1. The van der Waals surface area contributed by atoms with Gasteiger partial charge >= 0.3 is 0 Å². The van der Waals surface area contributed by atoms with Crippen molar-refractivity contribution < 1.29 is 9.18 Å². The molecule has 84 valence electrons. The average molecular weight is 240 g/mol. The summed E-state index contributed by atoms with van der Waals surface area (Å²) in [6.45, 7) is 3.88. The summed E-state index contributed by atoms with van der Waals surface area (Å²) < 4.78 is 12.8. The summed E-state index contributed by atoms with van der Waals surface area (Å²) in [7, 11) is 0. The molecule has 0 saturated heterocycles. The van der Waals surface area contributed by atoms with E-state index in [1.165, 1.54) is 18.2 Å². The number of hydrogen-bond donors (Lipinski definition) is 1. The number of carbonyl (C=O) groups is 1. The third-order valence-electron chi connectivity index (χ3n) is 1.79. The highest BCUT2D eigenvalue weighted by Gasteiger charge is 1.98. The maximum Gasteiger partial charge on any atom is 0.244 e. The van der Waals surface area contributed by atoms with Gasteiger partial charge in [0.05, 0.1) is 5.02 Å². The van der Waals surface area contributed by atoms with Gasteiger partial charge in [0.1, 0.15) is 5.82 Å². The fourth-order valence-corrected chi connectivity index (χ4v) is 1.21. The summed E-state index contributed by atoms with van der Waals surface area (Å²) in [4.78, 5) is 11.2. The molecule has 0 bridgehead atoms. The molecular formula is C12H11ClFNO. The molecule has 0 saturated carbocycles. The van der Waals surface area contributed by atoms with Crippen LogP contribution in [0.15, 0.2) is 36.9 Å². The first-order valence-electron chi connectivity index (χ1n) is 4.65. The summed E-state index contributed by atoms with van der Waals surface area (Å²) in [6, 6.07) is 4.25. The maximum absolute atomic E-state index is 12.8. The summed E-state index contributed by atoms with van der Waals surface area (Å²) in [6.07, 6.45) is 4.50. The van der Waals surface area contributed by atoms with E-state index in [-0.39, 0.29) is 10.9 Å². The van der Waals surface area contributed by atoms with Crippen LogP contribution in [0.2, 0.25) is 5.02 Å². The number of rotatable bonds is 4. The van der Waals surface area contributed by atoms with E-state index in [4.69, 9.17) is 11.6 Å². The monoisotopic (exact) mass is 239 g/mol. The van der Waals surface area contributed by atoms with E-state index in [2.05, 4.69) is 11.9 Å². The molecule has 0 fully saturated rings. The van der Waals surface area contributed by atoms with Gasteiger partial charge in [-0.2, -0.15) is 0 Å². The summed E-state index contributed by atoms with van der Waals surface area (Å²) in [5.74, 6) is -0.713. The molecule has 0 heterocycles. The van der Waals surface area contributed by atoms with Crippen LogP contribution in [0.1, 0.15) is 5.56 Å². The van der Waals surface area contributed by atoms with E-state index in [1.54, 1.807) is 18.2 Å². The van der Waals surface area contributed by atoms with E-state index in [9.17, 15) is 9.18 Å². The molecular weight excluding hydrogens is 229 g/mol. The lowest BCUT2D eigenvalue weighted by atomic mass is 10.2. The molecule has 1 amide bonds. The molecule has 1 aromatic carbocycles. The van der Waals surface area contributed by atoms with Crippen molar-refractivity contribution in [3.63, 3.8) is 0 Å². The second-order valence-corrected chi connectivity index (χ2v) is 3.45. The quantitative estimate of drug-likeness (QED) is 0.635. The highest BCUT2D eigenvalue weighted by atomic mass is 35.5. The molecule has 0 radical (unpaired) electrons. The third-order valence-corrected chi connectivity index (χ3v) is 2.08. The Morgan fingerprint density at radius 2 is 2.31 bits per heavy atom. The second-order valence-electron chi connectivity index (χ2n) is 3.04. The average Bonchev–Trinajstić information content (AvgIpc) is 2.28. The fraction of sp³-hybridized carbons (Fsp3) is 0.0833. The van der Waals surface area contributed by atoms with Gasteiger partial charge in [-0.15, -0.1) is 6.58 Å². The predicted molar refractivity (Wildman–Crippen MR) is 63.7 cm³/mol. The van der Waals surface area contributed by atoms with Crippen molar-refractivity contribution in [2.45, 2.75) is 0 Å². The van der Waals surface area contributed by atoms with Crippen LogP contribution in [-0.2, 0) is 4.79 Å². The van der Waals surface area contributed by atoms with Crippen molar-refractivity contribution >= 4 is 23.6 Å². The molecule has 0 spiro atoms. The number of nitrogens with one attached hydrogen (secondary N) is 1. The Morgan fingerprint density at radius 3 is 2.94 bits per heavy atom. The number of benzene rings is 1. The van der Waals surface area contributed by atoms with E-state index in [0.717, 1.165) is 0 Å². The molecule has 4 heteroatoms. The van der Waals surface area contributed by atoms with Gasteiger partial charge in [0.2, 0.25) is 5.91 Å². The molecule has 2 nitrogen and oxygen atoms in total.